The second-order valence-corrected chi connectivity index (χ2v) is 9.02. The molecule has 3 aromatic rings. The summed E-state index contributed by atoms with van der Waals surface area (Å²) in [5, 5.41) is 11.8. The largest absolute Gasteiger partial charge is 0.324 e. The summed E-state index contributed by atoms with van der Waals surface area (Å²) in [4.78, 5) is 25.9. The van der Waals surface area contributed by atoms with Crippen molar-refractivity contribution in [3.05, 3.63) is 65.5 Å². The van der Waals surface area contributed by atoms with Crippen LogP contribution in [0.2, 0.25) is 0 Å². The van der Waals surface area contributed by atoms with Crippen molar-refractivity contribution in [1.29, 1.82) is 0 Å². The van der Waals surface area contributed by atoms with Crippen molar-refractivity contribution in [1.82, 2.24) is 14.8 Å². The van der Waals surface area contributed by atoms with E-state index in [9.17, 15) is 9.59 Å². The Hall–Kier alpha value is -2.58. The van der Waals surface area contributed by atoms with Crippen LogP contribution in [0, 0.1) is 6.92 Å². The maximum absolute atomic E-state index is 12.4. The third-order valence-electron chi connectivity index (χ3n) is 4.71. The number of hydrogen-bond acceptors (Lipinski definition) is 6. The quantitative estimate of drug-likeness (QED) is 0.480. The fourth-order valence-electron chi connectivity index (χ4n) is 2.99. The van der Waals surface area contributed by atoms with Crippen molar-refractivity contribution >= 4 is 40.9 Å². The van der Waals surface area contributed by atoms with E-state index in [0.29, 0.717) is 22.9 Å². The molecule has 0 radical (unpaired) electrons. The highest BCUT2D eigenvalue weighted by molar-refractivity contribution is 8.01. The van der Waals surface area contributed by atoms with Gasteiger partial charge in [0.1, 0.15) is 5.82 Å². The summed E-state index contributed by atoms with van der Waals surface area (Å²) in [6, 6.07) is 15.3. The Balaban J connectivity index is 1.40. The van der Waals surface area contributed by atoms with Gasteiger partial charge < -0.3 is 9.88 Å². The number of aryl methyl sites for hydroxylation is 1. The van der Waals surface area contributed by atoms with Gasteiger partial charge in [0.25, 0.3) is 0 Å². The zero-order chi connectivity index (χ0) is 20.4. The second kappa shape index (κ2) is 8.42. The number of nitrogens with zero attached hydrogens (tertiary/aromatic N) is 3. The van der Waals surface area contributed by atoms with Crippen molar-refractivity contribution in [3.8, 4) is 0 Å². The van der Waals surface area contributed by atoms with E-state index < -0.39 is 0 Å². The molecule has 1 atom stereocenters. The number of anilines is 1. The number of ketones is 1. The number of benzene rings is 2. The van der Waals surface area contributed by atoms with Gasteiger partial charge in [0.05, 0.1) is 16.7 Å². The molecule has 4 rings (SSSR count). The average molecular weight is 425 g/mol. The SMILES string of the molecule is Cc1ccc(C(=O)CSc2nnc(CC3Sc4ccccc4NC3=O)n2C)cc1. The second-order valence-electron chi connectivity index (χ2n) is 6.83. The van der Waals surface area contributed by atoms with Gasteiger partial charge in [-0.05, 0) is 19.1 Å². The standard InChI is InChI=1S/C21H20N4O2S2/c1-13-7-9-14(10-8-13)16(26)12-28-21-24-23-19(25(21)2)11-18-20(27)22-15-5-3-4-6-17(15)29-18/h3-10,18H,11-12H2,1-2H3,(H,22,27). The topological polar surface area (TPSA) is 76.9 Å². The number of aromatic nitrogens is 3. The van der Waals surface area contributed by atoms with Crippen LogP contribution in [0.15, 0.2) is 58.6 Å². The lowest BCUT2D eigenvalue weighted by atomic mass is 10.1. The number of para-hydroxylation sites is 1. The fraction of sp³-hybridized carbons (Fsp3) is 0.238. The fourth-order valence-corrected chi connectivity index (χ4v) is 4.93. The summed E-state index contributed by atoms with van der Waals surface area (Å²) in [6.45, 7) is 1.99. The number of nitrogens with one attached hydrogen (secondary N) is 1. The van der Waals surface area contributed by atoms with E-state index in [1.54, 1.807) is 11.8 Å². The first-order chi connectivity index (χ1) is 14.0. The maximum atomic E-state index is 12.4. The highest BCUT2D eigenvalue weighted by Gasteiger charge is 2.28. The van der Waals surface area contributed by atoms with E-state index in [4.69, 9.17) is 0 Å². The number of carbonyl (C=O) groups excluding carboxylic acids is 2. The van der Waals surface area contributed by atoms with Gasteiger partial charge in [0.2, 0.25) is 5.91 Å². The number of Topliss-reactive ketones (excluding diaryl/α,β-unsaturated/α-hetero) is 1. The number of amides is 1. The molecule has 1 aromatic heterocycles. The molecule has 8 heteroatoms. The molecule has 0 aliphatic carbocycles. The van der Waals surface area contributed by atoms with E-state index in [1.807, 2.05) is 67.1 Å². The van der Waals surface area contributed by atoms with Crippen LogP contribution >= 0.6 is 23.5 Å². The number of hydrogen-bond donors (Lipinski definition) is 1. The Labute approximate surface area is 177 Å². The van der Waals surface area contributed by atoms with Crippen LogP contribution in [0.5, 0.6) is 0 Å². The molecule has 2 heterocycles. The lowest BCUT2D eigenvalue weighted by Gasteiger charge is -2.23. The summed E-state index contributed by atoms with van der Waals surface area (Å²) < 4.78 is 1.86. The minimum Gasteiger partial charge on any atom is -0.324 e. The Kier molecular flexibility index (Phi) is 5.73. The molecule has 1 aliphatic rings. The van der Waals surface area contributed by atoms with Crippen molar-refractivity contribution in [2.24, 2.45) is 7.05 Å². The zero-order valence-electron chi connectivity index (χ0n) is 16.1. The van der Waals surface area contributed by atoms with E-state index in [1.165, 1.54) is 11.8 Å². The van der Waals surface area contributed by atoms with E-state index in [-0.39, 0.29) is 16.9 Å². The van der Waals surface area contributed by atoms with Crippen LogP contribution < -0.4 is 5.32 Å². The molecule has 2 aromatic carbocycles. The van der Waals surface area contributed by atoms with E-state index in [0.717, 1.165) is 22.0 Å². The molecule has 1 unspecified atom stereocenters. The van der Waals surface area contributed by atoms with E-state index >= 15 is 0 Å². The van der Waals surface area contributed by atoms with Gasteiger partial charge in [-0.15, -0.1) is 22.0 Å². The first-order valence-corrected chi connectivity index (χ1v) is 11.1. The summed E-state index contributed by atoms with van der Waals surface area (Å²) in [5.41, 5.74) is 2.67. The van der Waals surface area contributed by atoms with E-state index in [2.05, 4.69) is 15.5 Å². The number of thioether (sulfide) groups is 2. The van der Waals surface area contributed by atoms with Gasteiger partial charge in [0.15, 0.2) is 10.9 Å². The van der Waals surface area contributed by atoms with Gasteiger partial charge in [-0.25, -0.2) is 0 Å². The Bertz CT molecular complexity index is 1060. The lowest BCUT2D eigenvalue weighted by Crippen LogP contribution is -2.31. The van der Waals surface area contributed by atoms with Gasteiger partial charge in [0, 0.05) is 23.9 Å². The average Bonchev–Trinajstić information content (AvgIpc) is 3.06. The van der Waals surface area contributed by atoms with Gasteiger partial charge in [-0.1, -0.05) is 53.7 Å². The minimum atomic E-state index is -0.264. The maximum Gasteiger partial charge on any atom is 0.238 e. The molecule has 29 heavy (non-hydrogen) atoms. The van der Waals surface area contributed by atoms with Crippen LogP contribution in [-0.2, 0) is 18.3 Å². The molecule has 0 spiro atoms. The zero-order valence-corrected chi connectivity index (χ0v) is 17.7. The summed E-state index contributed by atoms with van der Waals surface area (Å²) >= 11 is 2.90. The summed E-state index contributed by atoms with van der Waals surface area (Å²) in [7, 11) is 1.87. The molecule has 0 saturated carbocycles. The highest BCUT2D eigenvalue weighted by atomic mass is 32.2. The van der Waals surface area contributed by atoms with Crippen LogP contribution in [0.3, 0.4) is 0 Å². The molecular weight excluding hydrogens is 404 g/mol. The lowest BCUT2D eigenvalue weighted by molar-refractivity contribution is -0.115. The molecule has 0 bridgehead atoms. The van der Waals surface area contributed by atoms with Crippen LogP contribution in [0.1, 0.15) is 21.7 Å². The monoisotopic (exact) mass is 424 g/mol. The molecule has 1 amide bonds. The van der Waals surface area contributed by atoms with Gasteiger partial charge >= 0.3 is 0 Å². The minimum absolute atomic E-state index is 0.0274. The first-order valence-electron chi connectivity index (χ1n) is 9.19. The van der Waals surface area contributed by atoms with Crippen molar-refractivity contribution in [2.45, 2.75) is 28.6 Å². The van der Waals surface area contributed by atoms with Gasteiger partial charge in [-0.2, -0.15) is 0 Å². The molecule has 6 nitrogen and oxygen atoms in total. The smallest absolute Gasteiger partial charge is 0.238 e. The number of carbonyl (C=O) groups is 2. The van der Waals surface area contributed by atoms with Crippen molar-refractivity contribution < 1.29 is 9.59 Å². The number of fused-ring (bicyclic) bond motifs is 1. The molecular formula is C21H20N4O2S2. The Morgan fingerprint density at radius 2 is 1.93 bits per heavy atom. The third-order valence-corrected chi connectivity index (χ3v) is 7.00. The van der Waals surface area contributed by atoms with Crippen LogP contribution in [0.25, 0.3) is 0 Å². The first kappa shape index (κ1) is 19.7. The van der Waals surface area contributed by atoms with Gasteiger partial charge in [-0.3, -0.25) is 9.59 Å². The Morgan fingerprint density at radius 1 is 1.17 bits per heavy atom. The summed E-state index contributed by atoms with van der Waals surface area (Å²) in [6.07, 6.45) is 0.473. The Morgan fingerprint density at radius 3 is 2.72 bits per heavy atom. The van der Waals surface area contributed by atoms with Crippen molar-refractivity contribution in [3.63, 3.8) is 0 Å². The molecule has 0 saturated heterocycles. The molecule has 0 fully saturated rings. The highest BCUT2D eigenvalue weighted by Crippen LogP contribution is 2.36. The predicted octanol–water partition coefficient (Wildman–Crippen LogP) is 3.75. The molecule has 1 aliphatic heterocycles. The molecule has 148 valence electrons. The molecule has 1 N–H and O–H groups in total. The number of rotatable bonds is 6. The van der Waals surface area contributed by atoms with Crippen molar-refractivity contribution in [2.75, 3.05) is 11.1 Å². The third kappa shape index (κ3) is 4.38. The normalized spacial score (nSPS) is 15.7. The van der Waals surface area contributed by atoms with Crippen LogP contribution in [-0.4, -0.2) is 37.5 Å². The van der Waals surface area contributed by atoms with Crippen LogP contribution in [0.4, 0.5) is 5.69 Å². The predicted molar refractivity (Wildman–Crippen MR) is 116 cm³/mol. The summed E-state index contributed by atoms with van der Waals surface area (Å²) in [5.74, 6) is 1.04.